The molecule has 0 aliphatic rings. The van der Waals surface area contributed by atoms with E-state index in [4.69, 9.17) is 4.74 Å². The van der Waals surface area contributed by atoms with Crippen molar-refractivity contribution in [3.63, 3.8) is 0 Å². The molecule has 0 bridgehead atoms. The normalized spacial score (nSPS) is 10.9. The van der Waals surface area contributed by atoms with Gasteiger partial charge < -0.3 is 9.29 Å². The SMILES string of the molecule is O=C(Oc1ccc2ccc(S(=O)(=O)[O-])cc2c1)c1ccccc1.[Na+]. The third-order valence-corrected chi connectivity index (χ3v) is 4.12. The Morgan fingerprint density at radius 2 is 1.54 bits per heavy atom. The third-order valence-electron chi connectivity index (χ3n) is 3.29. The number of carbonyl (C=O) groups excluding carboxylic acids is 1. The van der Waals surface area contributed by atoms with E-state index >= 15 is 0 Å². The van der Waals surface area contributed by atoms with Crippen molar-refractivity contribution in [2.24, 2.45) is 0 Å². The largest absolute Gasteiger partial charge is 1.00 e. The van der Waals surface area contributed by atoms with Crippen molar-refractivity contribution in [2.75, 3.05) is 0 Å². The zero-order valence-corrected chi connectivity index (χ0v) is 15.6. The first-order chi connectivity index (χ1) is 10.9. The molecular formula is C17H11NaO5S. The minimum absolute atomic E-state index is 0. The molecule has 0 N–H and O–H groups in total. The minimum atomic E-state index is -4.53. The monoisotopic (exact) mass is 350 g/mol. The molecule has 7 heteroatoms. The van der Waals surface area contributed by atoms with E-state index in [2.05, 4.69) is 0 Å². The topological polar surface area (TPSA) is 83.5 Å². The van der Waals surface area contributed by atoms with Gasteiger partial charge in [-0.1, -0.05) is 30.3 Å². The zero-order chi connectivity index (χ0) is 16.4. The van der Waals surface area contributed by atoms with Gasteiger partial charge in [-0.2, -0.15) is 0 Å². The second-order valence-electron chi connectivity index (χ2n) is 4.88. The van der Waals surface area contributed by atoms with E-state index in [1.165, 1.54) is 24.3 Å². The Morgan fingerprint density at radius 1 is 0.875 bits per heavy atom. The van der Waals surface area contributed by atoms with Gasteiger partial charge in [-0.25, -0.2) is 13.2 Å². The summed E-state index contributed by atoms with van der Waals surface area (Å²) in [6.45, 7) is 0. The first-order valence-corrected chi connectivity index (χ1v) is 8.11. The third kappa shape index (κ3) is 4.23. The summed E-state index contributed by atoms with van der Waals surface area (Å²) in [7, 11) is -4.53. The number of carbonyl (C=O) groups is 1. The molecule has 0 unspecified atom stereocenters. The van der Waals surface area contributed by atoms with Gasteiger partial charge in [0.2, 0.25) is 0 Å². The maximum absolute atomic E-state index is 12.0. The number of esters is 1. The molecule has 0 aliphatic heterocycles. The summed E-state index contributed by atoms with van der Waals surface area (Å²) in [5.74, 6) is -0.246. The molecule has 0 spiro atoms. The number of rotatable bonds is 3. The van der Waals surface area contributed by atoms with Crippen LogP contribution in [0.3, 0.4) is 0 Å². The summed E-state index contributed by atoms with van der Waals surface area (Å²) in [6.07, 6.45) is 0. The number of hydrogen-bond acceptors (Lipinski definition) is 5. The first-order valence-electron chi connectivity index (χ1n) is 6.70. The smallest absolute Gasteiger partial charge is 0.744 e. The van der Waals surface area contributed by atoms with Gasteiger partial charge in [0, 0.05) is 0 Å². The zero-order valence-electron chi connectivity index (χ0n) is 12.8. The molecule has 3 aromatic carbocycles. The number of ether oxygens (including phenoxy) is 1. The molecule has 0 radical (unpaired) electrons. The van der Waals surface area contributed by atoms with Crippen LogP contribution in [0.15, 0.2) is 71.6 Å². The van der Waals surface area contributed by atoms with E-state index in [1.807, 2.05) is 0 Å². The molecule has 0 heterocycles. The Labute approximate surface area is 161 Å². The maximum atomic E-state index is 12.0. The molecule has 3 aromatic rings. The van der Waals surface area contributed by atoms with Gasteiger partial charge >= 0.3 is 35.5 Å². The maximum Gasteiger partial charge on any atom is 1.00 e. The summed E-state index contributed by atoms with van der Waals surface area (Å²) in [5, 5.41) is 1.23. The van der Waals surface area contributed by atoms with Crippen molar-refractivity contribution in [1.82, 2.24) is 0 Å². The summed E-state index contributed by atoms with van der Waals surface area (Å²) < 4.78 is 38.5. The van der Waals surface area contributed by atoms with Crippen LogP contribution in [0.5, 0.6) is 5.75 Å². The summed E-state index contributed by atoms with van der Waals surface area (Å²) >= 11 is 0. The number of hydrogen-bond donors (Lipinski definition) is 0. The minimum Gasteiger partial charge on any atom is -0.744 e. The van der Waals surface area contributed by atoms with Crippen molar-refractivity contribution in [1.29, 1.82) is 0 Å². The Kier molecular flexibility index (Phi) is 5.79. The molecule has 24 heavy (non-hydrogen) atoms. The van der Waals surface area contributed by atoms with Gasteiger partial charge in [0.25, 0.3) is 0 Å². The molecular weight excluding hydrogens is 339 g/mol. The quantitative estimate of drug-likeness (QED) is 0.287. The van der Waals surface area contributed by atoms with Crippen molar-refractivity contribution < 1.29 is 52.1 Å². The fraction of sp³-hybridized carbons (Fsp3) is 0. The molecule has 0 aromatic heterocycles. The molecule has 3 rings (SSSR count). The Bertz CT molecular complexity index is 984. The van der Waals surface area contributed by atoms with Crippen LogP contribution in [-0.2, 0) is 10.1 Å². The first kappa shape index (κ1) is 18.6. The van der Waals surface area contributed by atoms with Crippen molar-refractivity contribution in [2.45, 2.75) is 4.90 Å². The van der Waals surface area contributed by atoms with Crippen LogP contribution in [0.1, 0.15) is 10.4 Å². The number of fused-ring (bicyclic) bond motifs is 1. The average molecular weight is 350 g/mol. The summed E-state index contributed by atoms with van der Waals surface area (Å²) in [6, 6.07) is 17.4. The van der Waals surface area contributed by atoms with Gasteiger partial charge in [0.15, 0.2) is 0 Å². The van der Waals surface area contributed by atoms with Crippen LogP contribution >= 0.6 is 0 Å². The van der Waals surface area contributed by atoms with E-state index in [9.17, 15) is 17.8 Å². The Morgan fingerprint density at radius 3 is 2.21 bits per heavy atom. The van der Waals surface area contributed by atoms with Crippen LogP contribution in [0.2, 0.25) is 0 Å². The van der Waals surface area contributed by atoms with Gasteiger partial charge in [-0.15, -0.1) is 0 Å². The standard InChI is InChI=1S/C17H12O5S.Na/c18-17(13-4-2-1-3-5-13)22-15-8-6-12-7-9-16(23(19,20)21)11-14(12)10-15;/h1-11H,(H,19,20,21);/q;+1/p-1. The molecule has 0 amide bonds. The van der Waals surface area contributed by atoms with Crippen molar-refractivity contribution >= 4 is 26.9 Å². The van der Waals surface area contributed by atoms with E-state index in [0.717, 1.165) is 5.39 Å². The van der Waals surface area contributed by atoms with Crippen LogP contribution in [0, 0.1) is 0 Å². The van der Waals surface area contributed by atoms with Gasteiger partial charge in [0.1, 0.15) is 15.9 Å². The molecule has 0 fully saturated rings. The van der Waals surface area contributed by atoms with Crippen LogP contribution in [0.25, 0.3) is 10.8 Å². The van der Waals surface area contributed by atoms with Crippen LogP contribution < -0.4 is 34.3 Å². The second kappa shape index (κ2) is 7.46. The second-order valence-corrected chi connectivity index (χ2v) is 6.26. The van der Waals surface area contributed by atoms with Crippen LogP contribution in [0.4, 0.5) is 0 Å². The number of benzene rings is 3. The molecule has 116 valence electrons. The fourth-order valence-corrected chi connectivity index (χ4v) is 2.67. The van der Waals surface area contributed by atoms with E-state index in [1.54, 1.807) is 42.5 Å². The van der Waals surface area contributed by atoms with E-state index in [-0.39, 0.29) is 40.2 Å². The van der Waals surface area contributed by atoms with Gasteiger partial charge in [-0.3, -0.25) is 0 Å². The average Bonchev–Trinajstić information content (AvgIpc) is 2.54. The van der Waals surface area contributed by atoms with Crippen molar-refractivity contribution in [3.05, 3.63) is 72.3 Å². The Balaban J connectivity index is 0.00000208. The molecule has 0 atom stereocenters. The molecule has 0 aliphatic carbocycles. The fourth-order valence-electron chi connectivity index (χ4n) is 2.16. The van der Waals surface area contributed by atoms with E-state index in [0.29, 0.717) is 10.9 Å². The van der Waals surface area contributed by atoms with Crippen LogP contribution in [-0.4, -0.2) is 18.9 Å². The predicted octanol–water partition coefficient (Wildman–Crippen LogP) is -0.0329. The molecule has 0 saturated heterocycles. The Hall–Kier alpha value is -1.70. The van der Waals surface area contributed by atoms with Gasteiger partial charge in [-0.05, 0) is 47.2 Å². The van der Waals surface area contributed by atoms with E-state index < -0.39 is 16.1 Å². The molecule has 5 nitrogen and oxygen atoms in total. The summed E-state index contributed by atoms with van der Waals surface area (Å²) in [5.41, 5.74) is 0.406. The summed E-state index contributed by atoms with van der Waals surface area (Å²) in [4.78, 5) is 11.7. The van der Waals surface area contributed by atoms with Gasteiger partial charge in [0.05, 0.1) is 10.5 Å². The van der Waals surface area contributed by atoms with Crippen molar-refractivity contribution in [3.8, 4) is 5.75 Å². The predicted molar refractivity (Wildman–Crippen MR) is 83.3 cm³/mol. The molecule has 0 saturated carbocycles.